The number of carbonyl (C=O) groups excluding carboxylic acids is 1. The van der Waals surface area contributed by atoms with Gasteiger partial charge in [-0.1, -0.05) is 45.0 Å². The molecule has 0 saturated carbocycles. The third kappa shape index (κ3) is 3.67. The zero-order chi connectivity index (χ0) is 18.0. The lowest BCUT2D eigenvalue weighted by Crippen LogP contribution is -2.51. The number of carbonyl (C=O) groups is 1. The molecule has 0 spiro atoms. The van der Waals surface area contributed by atoms with Crippen LogP contribution in [0.3, 0.4) is 0 Å². The van der Waals surface area contributed by atoms with Crippen LogP contribution in [0.4, 0.5) is 10.8 Å². The van der Waals surface area contributed by atoms with Crippen molar-refractivity contribution in [2.75, 3.05) is 31.1 Å². The quantitative estimate of drug-likeness (QED) is 0.764. The molecule has 25 heavy (non-hydrogen) atoms. The number of benzene rings is 1. The summed E-state index contributed by atoms with van der Waals surface area (Å²) >= 11 is 1.59. The van der Waals surface area contributed by atoms with Crippen LogP contribution < -0.4 is 4.90 Å². The number of aromatic nitrogens is 1. The number of hydrogen-bond donors (Lipinski definition) is 0. The lowest BCUT2D eigenvalue weighted by atomic mass is 9.94. The number of para-hydroxylation sites is 1. The average Bonchev–Trinajstić information content (AvgIpc) is 3.10. The Bertz CT molecular complexity index is 807. The summed E-state index contributed by atoms with van der Waals surface area (Å²) in [7, 11) is 0. The minimum absolute atomic E-state index is 0.206. The van der Waals surface area contributed by atoms with Gasteiger partial charge in [-0.2, -0.15) is 0 Å². The number of hydrogen-bond acceptors (Lipinski definition) is 4. The lowest BCUT2D eigenvalue weighted by molar-refractivity contribution is -0.139. The van der Waals surface area contributed by atoms with Crippen molar-refractivity contribution in [3.63, 3.8) is 0 Å². The molecule has 0 N–H and O–H groups in total. The van der Waals surface area contributed by atoms with E-state index in [-0.39, 0.29) is 11.3 Å². The molecule has 1 saturated heterocycles. The minimum atomic E-state index is -0.333. The summed E-state index contributed by atoms with van der Waals surface area (Å²) in [5, 5.41) is 2.96. The van der Waals surface area contributed by atoms with Crippen LogP contribution in [0.5, 0.6) is 0 Å². The summed E-state index contributed by atoms with van der Waals surface area (Å²) in [5.41, 5.74) is 2.02. The Morgan fingerprint density at radius 1 is 1.20 bits per heavy atom. The maximum absolute atomic E-state index is 12.4. The number of amides is 1. The van der Waals surface area contributed by atoms with Crippen LogP contribution in [-0.4, -0.2) is 42.0 Å². The maximum Gasteiger partial charge on any atom is 0.228 e. The number of nitrogens with zero attached hydrogens (tertiary/aromatic N) is 4. The Labute approximate surface area is 152 Å². The predicted molar refractivity (Wildman–Crippen MR) is 102 cm³/mol. The second-order valence-corrected chi connectivity index (χ2v) is 8.01. The maximum atomic E-state index is 12.4. The van der Waals surface area contributed by atoms with Crippen molar-refractivity contribution >= 4 is 28.1 Å². The Balaban J connectivity index is 1.71. The standard InChI is InChI=1S/C19H22N4OS/c1-19(2,3)17(24)22-9-11-23(12-10-22)18-21-16(13-25-18)14-7-5-6-8-15(14)20-4/h5-8,13H,9-12H2,1-3H3. The van der Waals surface area contributed by atoms with Gasteiger partial charge >= 0.3 is 0 Å². The zero-order valence-electron chi connectivity index (χ0n) is 14.8. The molecule has 0 bridgehead atoms. The molecule has 6 heteroatoms. The third-order valence-electron chi connectivity index (χ3n) is 4.27. The van der Waals surface area contributed by atoms with Crippen molar-refractivity contribution in [3.8, 4) is 11.3 Å². The van der Waals surface area contributed by atoms with E-state index in [1.165, 1.54) is 0 Å². The molecule has 1 aromatic carbocycles. The topological polar surface area (TPSA) is 40.8 Å². The lowest BCUT2D eigenvalue weighted by Gasteiger charge is -2.37. The summed E-state index contributed by atoms with van der Waals surface area (Å²) in [4.78, 5) is 24.9. The van der Waals surface area contributed by atoms with Gasteiger partial charge in [-0.05, 0) is 0 Å². The van der Waals surface area contributed by atoms with Crippen LogP contribution in [0.25, 0.3) is 16.1 Å². The molecular formula is C19H22N4OS. The first-order valence-electron chi connectivity index (χ1n) is 8.37. The number of thiazole rings is 1. The first-order chi connectivity index (χ1) is 11.9. The van der Waals surface area contributed by atoms with E-state index in [0.29, 0.717) is 5.69 Å². The van der Waals surface area contributed by atoms with Crippen LogP contribution in [-0.2, 0) is 4.79 Å². The van der Waals surface area contributed by atoms with E-state index in [4.69, 9.17) is 11.6 Å². The monoisotopic (exact) mass is 354 g/mol. The van der Waals surface area contributed by atoms with Crippen LogP contribution in [0.2, 0.25) is 0 Å². The Hall–Kier alpha value is -2.39. The molecule has 3 rings (SSSR count). The van der Waals surface area contributed by atoms with Crippen LogP contribution >= 0.6 is 11.3 Å². The SMILES string of the molecule is [C-]#[N+]c1ccccc1-c1csc(N2CCN(C(=O)C(C)(C)C)CC2)n1. The van der Waals surface area contributed by atoms with Gasteiger partial charge < -0.3 is 9.80 Å². The van der Waals surface area contributed by atoms with Gasteiger partial charge in [-0.15, -0.1) is 11.3 Å². The summed E-state index contributed by atoms with van der Waals surface area (Å²) < 4.78 is 0. The summed E-state index contributed by atoms with van der Waals surface area (Å²) in [6, 6.07) is 7.56. The molecule has 1 amide bonds. The van der Waals surface area contributed by atoms with Crippen LogP contribution in [0.1, 0.15) is 20.8 Å². The molecule has 130 valence electrons. The largest absolute Gasteiger partial charge is 0.345 e. The second-order valence-electron chi connectivity index (χ2n) is 7.17. The Kier molecular flexibility index (Phi) is 4.78. The second kappa shape index (κ2) is 6.85. The van der Waals surface area contributed by atoms with Gasteiger partial charge in [0.05, 0.1) is 12.3 Å². The van der Waals surface area contributed by atoms with Crippen LogP contribution in [0, 0.1) is 12.0 Å². The molecular weight excluding hydrogens is 332 g/mol. The molecule has 1 aliphatic rings. The fraction of sp³-hybridized carbons (Fsp3) is 0.421. The van der Waals surface area contributed by atoms with E-state index in [0.717, 1.165) is 42.6 Å². The molecule has 1 fully saturated rings. The normalized spacial score (nSPS) is 15.1. The number of rotatable bonds is 2. The van der Waals surface area contributed by atoms with Crippen molar-refractivity contribution < 1.29 is 4.79 Å². The zero-order valence-corrected chi connectivity index (χ0v) is 15.6. The van der Waals surface area contributed by atoms with Gasteiger partial charge in [0.2, 0.25) is 5.91 Å². The first-order valence-corrected chi connectivity index (χ1v) is 9.25. The Morgan fingerprint density at radius 2 is 1.88 bits per heavy atom. The molecule has 1 aliphatic heterocycles. The minimum Gasteiger partial charge on any atom is -0.345 e. The summed E-state index contributed by atoms with van der Waals surface area (Å²) in [6.07, 6.45) is 0. The molecule has 0 atom stereocenters. The van der Waals surface area contributed by atoms with Gasteiger partial charge in [-0.3, -0.25) is 4.79 Å². The van der Waals surface area contributed by atoms with E-state index in [2.05, 4.69) is 9.74 Å². The molecule has 5 nitrogen and oxygen atoms in total. The predicted octanol–water partition coefficient (Wildman–Crippen LogP) is 4.06. The van der Waals surface area contributed by atoms with E-state index in [1.807, 2.05) is 55.3 Å². The highest BCUT2D eigenvalue weighted by Crippen LogP contribution is 2.33. The van der Waals surface area contributed by atoms with Crippen molar-refractivity contribution in [3.05, 3.63) is 41.1 Å². The Morgan fingerprint density at radius 3 is 2.52 bits per heavy atom. The van der Waals surface area contributed by atoms with Crippen molar-refractivity contribution in [2.45, 2.75) is 20.8 Å². The highest BCUT2D eigenvalue weighted by molar-refractivity contribution is 7.14. The van der Waals surface area contributed by atoms with Crippen molar-refractivity contribution in [1.82, 2.24) is 9.88 Å². The first kappa shape index (κ1) is 17.4. The van der Waals surface area contributed by atoms with E-state index >= 15 is 0 Å². The summed E-state index contributed by atoms with van der Waals surface area (Å²) in [5.74, 6) is 0.206. The van der Waals surface area contributed by atoms with Gasteiger partial charge in [-0.25, -0.2) is 9.83 Å². The fourth-order valence-corrected chi connectivity index (χ4v) is 3.78. The molecule has 1 aromatic heterocycles. The molecule has 2 aromatic rings. The van der Waals surface area contributed by atoms with Crippen LogP contribution in [0.15, 0.2) is 29.6 Å². The molecule has 2 heterocycles. The fourth-order valence-electron chi connectivity index (χ4n) is 2.90. The molecule has 0 aliphatic carbocycles. The van der Waals surface area contributed by atoms with Gasteiger partial charge in [0.1, 0.15) is 0 Å². The van der Waals surface area contributed by atoms with Gasteiger partial charge in [0.25, 0.3) is 0 Å². The summed E-state index contributed by atoms with van der Waals surface area (Å²) in [6.45, 7) is 16.2. The smallest absolute Gasteiger partial charge is 0.228 e. The van der Waals surface area contributed by atoms with Crippen molar-refractivity contribution in [2.24, 2.45) is 5.41 Å². The third-order valence-corrected chi connectivity index (χ3v) is 5.17. The molecule has 0 unspecified atom stereocenters. The van der Waals surface area contributed by atoms with Gasteiger partial charge in [0.15, 0.2) is 10.8 Å². The van der Waals surface area contributed by atoms with Gasteiger partial charge in [0, 0.05) is 42.5 Å². The van der Waals surface area contributed by atoms with E-state index in [1.54, 1.807) is 11.3 Å². The highest BCUT2D eigenvalue weighted by atomic mass is 32.1. The average molecular weight is 354 g/mol. The van der Waals surface area contributed by atoms with E-state index < -0.39 is 0 Å². The number of piperazine rings is 1. The number of anilines is 1. The highest BCUT2D eigenvalue weighted by Gasteiger charge is 2.30. The van der Waals surface area contributed by atoms with E-state index in [9.17, 15) is 4.79 Å². The molecule has 0 radical (unpaired) electrons. The van der Waals surface area contributed by atoms with Crippen molar-refractivity contribution in [1.29, 1.82) is 0 Å².